The second-order valence-electron chi connectivity index (χ2n) is 6.15. The van der Waals surface area contributed by atoms with Gasteiger partial charge < -0.3 is 9.90 Å². The summed E-state index contributed by atoms with van der Waals surface area (Å²) in [5, 5.41) is 11.8. The Bertz CT molecular complexity index is 439. The molecule has 1 aromatic rings. The molecule has 1 aromatic carbocycles. The second-order valence-corrected chi connectivity index (χ2v) is 6.15. The Labute approximate surface area is 122 Å². The maximum absolute atomic E-state index is 11.8. The first kappa shape index (κ1) is 15.1. The number of carboxylic acid groups (broad SMARTS) is 1. The number of benzene rings is 1. The third-order valence-corrected chi connectivity index (χ3v) is 4.96. The number of carbonyl (C=O) groups is 1. The van der Waals surface area contributed by atoms with Crippen molar-refractivity contribution < 1.29 is 9.90 Å². The molecule has 0 atom stereocenters. The van der Waals surface area contributed by atoms with Crippen molar-refractivity contribution in [1.82, 2.24) is 0 Å². The summed E-state index contributed by atoms with van der Waals surface area (Å²) >= 11 is 0. The predicted molar refractivity (Wildman–Crippen MR) is 79.4 cm³/mol. The van der Waals surface area contributed by atoms with E-state index in [-0.39, 0.29) is 0 Å². The number of carboxylic acids is 1. The van der Waals surface area contributed by atoms with E-state index in [1.165, 1.54) is 18.4 Å². The molecular formula is C18H25O2-. The third kappa shape index (κ3) is 2.89. The van der Waals surface area contributed by atoms with Crippen molar-refractivity contribution in [2.24, 2.45) is 5.92 Å². The van der Waals surface area contributed by atoms with Crippen LogP contribution >= 0.6 is 0 Å². The minimum atomic E-state index is -0.892. The van der Waals surface area contributed by atoms with E-state index in [9.17, 15) is 9.90 Å². The molecule has 1 saturated carbocycles. The number of carbonyl (C=O) groups excluding carboxylic acids is 1. The summed E-state index contributed by atoms with van der Waals surface area (Å²) in [5.41, 5.74) is 1.43. The van der Waals surface area contributed by atoms with Crippen LogP contribution in [-0.4, -0.2) is 5.97 Å². The number of hydrogen-bond donors (Lipinski definition) is 0. The molecule has 0 amide bonds. The first-order valence-corrected chi connectivity index (χ1v) is 7.93. The molecule has 2 rings (SSSR count). The third-order valence-electron chi connectivity index (χ3n) is 4.96. The van der Waals surface area contributed by atoms with Gasteiger partial charge in [0, 0.05) is 5.41 Å². The van der Waals surface area contributed by atoms with Crippen LogP contribution in [0.4, 0.5) is 0 Å². The number of aliphatic carboxylic acids is 1. The molecule has 1 aliphatic carbocycles. The van der Waals surface area contributed by atoms with Crippen LogP contribution in [0.15, 0.2) is 24.3 Å². The molecule has 110 valence electrons. The Kier molecular flexibility index (Phi) is 4.85. The molecule has 0 aromatic heterocycles. The highest BCUT2D eigenvalue weighted by molar-refractivity contribution is 5.79. The lowest BCUT2D eigenvalue weighted by atomic mass is 9.66. The van der Waals surface area contributed by atoms with Crippen LogP contribution in [0.3, 0.4) is 0 Å². The lowest BCUT2D eigenvalue weighted by molar-refractivity contribution is -0.315. The van der Waals surface area contributed by atoms with Crippen LogP contribution in [0.5, 0.6) is 0 Å². The molecule has 0 spiro atoms. The van der Waals surface area contributed by atoms with E-state index in [2.05, 4.69) is 26.0 Å². The monoisotopic (exact) mass is 273 g/mol. The van der Waals surface area contributed by atoms with Gasteiger partial charge in [0.1, 0.15) is 0 Å². The molecule has 0 bridgehead atoms. The van der Waals surface area contributed by atoms with Gasteiger partial charge in [-0.05, 0) is 49.1 Å². The summed E-state index contributed by atoms with van der Waals surface area (Å²) in [6.07, 6.45) is 6.87. The lowest BCUT2D eigenvalue weighted by Crippen LogP contribution is -2.48. The van der Waals surface area contributed by atoms with Crippen molar-refractivity contribution in [1.29, 1.82) is 0 Å². The van der Waals surface area contributed by atoms with Crippen LogP contribution in [-0.2, 0) is 16.6 Å². The van der Waals surface area contributed by atoms with Crippen LogP contribution in [0.2, 0.25) is 0 Å². The molecule has 2 nitrogen and oxygen atoms in total. The normalized spacial score (nSPS) is 26.4. The van der Waals surface area contributed by atoms with Crippen molar-refractivity contribution in [3.63, 3.8) is 0 Å². The van der Waals surface area contributed by atoms with Gasteiger partial charge in [-0.25, -0.2) is 0 Å². The fraction of sp³-hybridized carbons (Fsp3) is 0.611. The molecular weight excluding hydrogens is 248 g/mol. The molecule has 0 heterocycles. The van der Waals surface area contributed by atoms with E-state index < -0.39 is 11.4 Å². The molecule has 1 fully saturated rings. The largest absolute Gasteiger partial charge is 0.549 e. The Morgan fingerprint density at radius 1 is 1.20 bits per heavy atom. The zero-order chi connectivity index (χ0) is 14.6. The Balaban J connectivity index is 2.20. The van der Waals surface area contributed by atoms with E-state index in [0.29, 0.717) is 5.92 Å². The summed E-state index contributed by atoms with van der Waals surface area (Å²) in [6, 6.07) is 8.10. The molecule has 0 unspecified atom stereocenters. The highest BCUT2D eigenvalue weighted by Crippen LogP contribution is 2.42. The minimum Gasteiger partial charge on any atom is -0.549 e. The van der Waals surface area contributed by atoms with Gasteiger partial charge in [-0.15, -0.1) is 0 Å². The van der Waals surface area contributed by atoms with Gasteiger partial charge in [0.25, 0.3) is 0 Å². The van der Waals surface area contributed by atoms with E-state index in [4.69, 9.17) is 0 Å². The van der Waals surface area contributed by atoms with Crippen LogP contribution in [0.25, 0.3) is 0 Å². The molecule has 20 heavy (non-hydrogen) atoms. The van der Waals surface area contributed by atoms with E-state index in [1.54, 1.807) is 0 Å². The minimum absolute atomic E-state index is 0.697. The lowest BCUT2D eigenvalue weighted by Gasteiger charge is -2.41. The summed E-state index contributed by atoms with van der Waals surface area (Å²) in [7, 11) is 0. The van der Waals surface area contributed by atoms with Crippen molar-refractivity contribution >= 4 is 5.97 Å². The van der Waals surface area contributed by atoms with Gasteiger partial charge in [0.15, 0.2) is 0 Å². The fourth-order valence-electron chi connectivity index (χ4n) is 3.54. The number of rotatable bonds is 5. The number of hydrogen-bond acceptors (Lipinski definition) is 2. The van der Waals surface area contributed by atoms with Gasteiger partial charge in [0.05, 0.1) is 5.97 Å². The zero-order valence-electron chi connectivity index (χ0n) is 12.7. The maximum atomic E-state index is 11.8. The first-order chi connectivity index (χ1) is 9.62. The Morgan fingerprint density at radius 3 is 2.25 bits per heavy atom. The number of aryl methyl sites for hydroxylation is 1. The molecule has 1 aliphatic rings. The van der Waals surface area contributed by atoms with Gasteiger partial charge in [0.2, 0.25) is 0 Å². The van der Waals surface area contributed by atoms with Crippen LogP contribution in [0.1, 0.15) is 63.5 Å². The van der Waals surface area contributed by atoms with Crippen LogP contribution < -0.4 is 5.11 Å². The average molecular weight is 273 g/mol. The summed E-state index contributed by atoms with van der Waals surface area (Å²) in [5.74, 6) is -0.195. The van der Waals surface area contributed by atoms with Crippen molar-refractivity contribution in [3.05, 3.63) is 35.4 Å². The molecule has 0 aliphatic heterocycles. The standard InChI is InChI=1S/C18H26O2/c1-3-5-15-10-12-18(13-11-15,17(19)20)16-8-6-14(4-2)7-9-16/h6-9,15H,3-5,10-13H2,1-2H3,(H,19,20)/p-1. The van der Waals surface area contributed by atoms with Crippen molar-refractivity contribution in [2.45, 2.75) is 64.2 Å². The Morgan fingerprint density at radius 2 is 1.80 bits per heavy atom. The summed E-state index contributed by atoms with van der Waals surface area (Å²) in [4.78, 5) is 11.8. The van der Waals surface area contributed by atoms with E-state index in [1.807, 2.05) is 12.1 Å². The van der Waals surface area contributed by atoms with E-state index in [0.717, 1.165) is 37.7 Å². The smallest absolute Gasteiger partial charge is 0.0520 e. The molecule has 0 N–H and O–H groups in total. The average Bonchev–Trinajstić information content (AvgIpc) is 2.48. The Hall–Kier alpha value is -1.31. The first-order valence-electron chi connectivity index (χ1n) is 7.93. The highest BCUT2D eigenvalue weighted by atomic mass is 16.4. The molecule has 0 saturated heterocycles. The van der Waals surface area contributed by atoms with Crippen molar-refractivity contribution in [3.8, 4) is 0 Å². The molecule has 2 heteroatoms. The van der Waals surface area contributed by atoms with Gasteiger partial charge in [-0.2, -0.15) is 0 Å². The quantitative estimate of drug-likeness (QED) is 0.826. The predicted octanol–water partition coefficient (Wildman–Crippen LogP) is 3.23. The van der Waals surface area contributed by atoms with Gasteiger partial charge >= 0.3 is 0 Å². The van der Waals surface area contributed by atoms with Gasteiger partial charge in [-0.1, -0.05) is 51.0 Å². The maximum Gasteiger partial charge on any atom is 0.0520 e. The SMILES string of the molecule is CCCC1CCC(C(=O)[O-])(c2ccc(CC)cc2)CC1. The van der Waals surface area contributed by atoms with Crippen molar-refractivity contribution in [2.75, 3.05) is 0 Å². The zero-order valence-corrected chi connectivity index (χ0v) is 12.7. The summed E-state index contributed by atoms with van der Waals surface area (Å²) in [6.45, 7) is 4.31. The summed E-state index contributed by atoms with van der Waals surface area (Å²) < 4.78 is 0. The molecule has 0 radical (unpaired) electrons. The van der Waals surface area contributed by atoms with Crippen LogP contribution in [0, 0.1) is 5.92 Å². The topological polar surface area (TPSA) is 40.1 Å². The fourth-order valence-corrected chi connectivity index (χ4v) is 3.54. The van der Waals surface area contributed by atoms with Gasteiger partial charge in [-0.3, -0.25) is 0 Å². The second kappa shape index (κ2) is 6.43. The highest BCUT2D eigenvalue weighted by Gasteiger charge is 2.37. The van der Waals surface area contributed by atoms with E-state index >= 15 is 0 Å².